The molecule has 1 heterocycles. The van der Waals surface area contributed by atoms with Crippen LogP contribution >= 0.6 is 0 Å². The van der Waals surface area contributed by atoms with E-state index in [-0.39, 0.29) is 18.4 Å². The van der Waals surface area contributed by atoms with Gasteiger partial charge in [0, 0.05) is 22.6 Å². The van der Waals surface area contributed by atoms with Crippen molar-refractivity contribution in [1.29, 1.82) is 0 Å². The van der Waals surface area contributed by atoms with Gasteiger partial charge in [-0.15, -0.1) is 0 Å². The van der Waals surface area contributed by atoms with Crippen molar-refractivity contribution in [3.05, 3.63) is 81.2 Å². The Hall–Kier alpha value is -3.41. The van der Waals surface area contributed by atoms with Crippen LogP contribution in [0.15, 0.2) is 57.7 Å². The first-order chi connectivity index (χ1) is 14.3. The molecule has 3 aromatic rings. The number of aryl methyl sites for hydroxylation is 2. The molecule has 0 unspecified atom stereocenters. The molecule has 0 bridgehead atoms. The Bertz CT molecular complexity index is 1130. The first kappa shape index (κ1) is 21.3. The van der Waals surface area contributed by atoms with Crippen LogP contribution in [0.5, 0.6) is 0 Å². The van der Waals surface area contributed by atoms with E-state index in [9.17, 15) is 14.4 Å². The van der Waals surface area contributed by atoms with Gasteiger partial charge in [-0.2, -0.15) is 0 Å². The highest BCUT2D eigenvalue weighted by molar-refractivity contribution is 5.96. The number of benzene rings is 2. The van der Waals surface area contributed by atoms with Gasteiger partial charge in [0.1, 0.15) is 18.2 Å². The Morgan fingerprint density at radius 3 is 2.37 bits per heavy atom. The molecule has 1 atom stereocenters. The maximum absolute atomic E-state index is 12.7. The summed E-state index contributed by atoms with van der Waals surface area (Å²) in [6, 6.07) is 12.9. The van der Waals surface area contributed by atoms with E-state index in [4.69, 9.17) is 9.15 Å². The monoisotopic (exact) mass is 407 g/mol. The summed E-state index contributed by atoms with van der Waals surface area (Å²) in [6.07, 6.45) is 0. The zero-order valence-corrected chi connectivity index (χ0v) is 17.5. The Kier molecular flexibility index (Phi) is 6.35. The van der Waals surface area contributed by atoms with Gasteiger partial charge in [0.2, 0.25) is 0 Å². The van der Waals surface area contributed by atoms with Crippen molar-refractivity contribution in [2.75, 3.05) is 0 Å². The van der Waals surface area contributed by atoms with E-state index < -0.39 is 17.6 Å². The highest BCUT2D eigenvalue weighted by atomic mass is 16.5. The van der Waals surface area contributed by atoms with E-state index in [1.54, 1.807) is 30.3 Å². The Morgan fingerprint density at radius 1 is 1.03 bits per heavy atom. The molecular formula is C24H25NO5. The van der Waals surface area contributed by atoms with Crippen molar-refractivity contribution in [2.24, 2.45) is 5.92 Å². The van der Waals surface area contributed by atoms with Crippen molar-refractivity contribution in [2.45, 2.75) is 40.3 Å². The minimum atomic E-state index is -0.812. The fraction of sp³-hybridized carbons (Fsp3) is 0.292. The Morgan fingerprint density at radius 2 is 1.70 bits per heavy atom. The number of ether oxygens (including phenoxy) is 1. The Balaban J connectivity index is 1.78. The summed E-state index contributed by atoms with van der Waals surface area (Å²) in [7, 11) is 0. The molecule has 1 amide bonds. The summed E-state index contributed by atoms with van der Waals surface area (Å²) in [5.41, 5.74) is 3.02. The molecule has 1 N–H and O–H groups in total. The quantitative estimate of drug-likeness (QED) is 0.495. The molecule has 0 saturated carbocycles. The zero-order valence-electron chi connectivity index (χ0n) is 17.5. The second-order valence-electron chi connectivity index (χ2n) is 7.69. The third-order valence-corrected chi connectivity index (χ3v) is 5.06. The molecule has 30 heavy (non-hydrogen) atoms. The van der Waals surface area contributed by atoms with Gasteiger partial charge in [-0.1, -0.05) is 32.0 Å². The maximum Gasteiger partial charge on any atom is 0.336 e. The van der Waals surface area contributed by atoms with E-state index in [1.165, 1.54) is 6.07 Å². The maximum atomic E-state index is 12.7. The van der Waals surface area contributed by atoms with E-state index >= 15 is 0 Å². The molecule has 0 aliphatic heterocycles. The lowest BCUT2D eigenvalue weighted by Gasteiger charge is -2.21. The lowest BCUT2D eigenvalue weighted by atomic mass is 10.0. The molecule has 0 aliphatic carbocycles. The third-order valence-electron chi connectivity index (χ3n) is 5.06. The number of carbonyl (C=O) groups is 2. The minimum absolute atomic E-state index is 0.0894. The number of esters is 1. The van der Waals surface area contributed by atoms with Crippen molar-refractivity contribution < 1.29 is 18.7 Å². The van der Waals surface area contributed by atoms with Gasteiger partial charge in [0.15, 0.2) is 0 Å². The van der Waals surface area contributed by atoms with Crippen LogP contribution in [0.2, 0.25) is 0 Å². The van der Waals surface area contributed by atoms with Gasteiger partial charge in [0.25, 0.3) is 5.91 Å². The topological polar surface area (TPSA) is 85.6 Å². The van der Waals surface area contributed by atoms with Crippen molar-refractivity contribution in [3.8, 4) is 0 Å². The van der Waals surface area contributed by atoms with Crippen LogP contribution < -0.4 is 10.9 Å². The van der Waals surface area contributed by atoms with Crippen molar-refractivity contribution in [1.82, 2.24) is 5.32 Å². The number of amides is 1. The normalized spacial score (nSPS) is 12.0. The number of fused-ring (bicyclic) bond motifs is 1. The van der Waals surface area contributed by atoms with Gasteiger partial charge >= 0.3 is 11.6 Å². The van der Waals surface area contributed by atoms with Crippen molar-refractivity contribution in [3.63, 3.8) is 0 Å². The van der Waals surface area contributed by atoms with Crippen LogP contribution in [0.25, 0.3) is 11.0 Å². The van der Waals surface area contributed by atoms with Crippen LogP contribution in [-0.4, -0.2) is 17.9 Å². The van der Waals surface area contributed by atoms with Crippen LogP contribution in [0.4, 0.5) is 0 Å². The molecule has 0 radical (unpaired) electrons. The van der Waals surface area contributed by atoms with Crippen LogP contribution in [0.3, 0.4) is 0 Å². The summed E-state index contributed by atoms with van der Waals surface area (Å²) in [6.45, 7) is 7.47. The first-order valence-corrected chi connectivity index (χ1v) is 9.83. The molecule has 0 saturated heterocycles. The molecule has 0 spiro atoms. The van der Waals surface area contributed by atoms with Gasteiger partial charge in [-0.3, -0.25) is 4.79 Å². The summed E-state index contributed by atoms with van der Waals surface area (Å²) < 4.78 is 10.8. The number of hydrogen-bond donors (Lipinski definition) is 1. The summed E-state index contributed by atoms with van der Waals surface area (Å²) in [4.78, 5) is 37.1. The second kappa shape index (κ2) is 8.95. The highest BCUT2D eigenvalue weighted by Gasteiger charge is 2.26. The lowest BCUT2D eigenvalue weighted by molar-refractivity contribution is -0.148. The predicted octanol–water partition coefficient (Wildman–Crippen LogP) is 3.91. The lowest BCUT2D eigenvalue weighted by Crippen LogP contribution is -2.45. The van der Waals surface area contributed by atoms with Gasteiger partial charge in [-0.05, 0) is 55.2 Å². The molecule has 6 heteroatoms. The number of hydrogen-bond acceptors (Lipinski definition) is 5. The first-order valence-electron chi connectivity index (χ1n) is 9.83. The van der Waals surface area contributed by atoms with E-state index in [0.717, 1.165) is 16.5 Å². The zero-order chi connectivity index (χ0) is 21.8. The van der Waals surface area contributed by atoms with Crippen LogP contribution in [0, 0.1) is 19.8 Å². The highest BCUT2D eigenvalue weighted by Crippen LogP contribution is 2.22. The minimum Gasteiger partial charge on any atom is -0.459 e. The van der Waals surface area contributed by atoms with E-state index in [0.29, 0.717) is 16.7 Å². The van der Waals surface area contributed by atoms with Gasteiger partial charge in [0.05, 0.1) is 0 Å². The molecule has 2 aromatic carbocycles. The molecule has 0 aliphatic rings. The summed E-state index contributed by atoms with van der Waals surface area (Å²) in [5, 5.41) is 3.46. The fourth-order valence-corrected chi connectivity index (χ4v) is 3.15. The summed E-state index contributed by atoms with van der Waals surface area (Å²) in [5.74, 6) is -1.07. The third kappa shape index (κ3) is 4.76. The average Bonchev–Trinajstić information content (AvgIpc) is 2.71. The molecule has 6 nitrogen and oxygen atoms in total. The number of carbonyl (C=O) groups excluding carboxylic acids is 2. The standard InChI is InChI=1S/C24H25NO5/c1-14(2)22(25-23(27)17-8-6-5-7-9-17)24(28)29-13-18-12-21(26)30-20-11-16(4)15(3)10-19(18)20/h5-12,14,22H,13H2,1-4H3,(H,25,27)/t22-/m0/s1. The molecule has 156 valence electrons. The Labute approximate surface area is 174 Å². The van der Waals surface area contributed by atoms with Gasteiger partial charge < -0.3 is 14.5 Å². The summed E-state index contributed by atoms with van der Waals surface area (Å²) >= 11 is 0. The second-order valence-corrected chi connectivity index (χ2v) is 7.69. The fourth-order valence-electron chi connectivity index (χ4n) is 3.15. The van der Waals surface area contributed by atoms with Gasteiger partial charge in [-0.25, -0.2) is 9.59 Å². The molecule has 1 aromatic heterocycles. The predicted molar refractivity (Wildman–Crippen MR) is 114 cm³/mol. The van der Waals surface area contributed by atoms with Crippen molar-refractivity contribution >= 4 is 22.8 Å². The largest absolute Gasteiger partial charge is 0.459 e. The average molecular weight is 407 g/mol. The molecule has 3 rings (SSSR count). The molecular weight excluding hydrogens is 382 g/mol. The van der Waals surface area contributed by atoms with E-state index in [2.05, 4.69) is 5.32 Å². The number of nitrogens with one attached hydrogen (secondary N) is 1. The smallest absolute Gasteiger partial charge is 0.336 e. The SMILES string of the molecule is Cc1cc2oc(=O)cc(COC(=O)[C@@H](NC(=O)c3ccccc3)C(C)C)c2cc1C. The number of rotatable bonds is 6. The van der Waals surface area contributed by atoms with Crippen LogP contribution in [0.1, 0.15) is 40.9 Å². The molecule has 0 fully saturated rings. The van der Waals surface area contributed by atoms with Crippen LogP contribution in [-0.2, 0) is 16.1 Å². The van der Waals surface area contributed by atoms with E-state index in [1.807, 2.05) is 39.8 Å².